The molecular formula is C17H23F2N5. The van der Waals surface area contributed by atoms with Gasteiger partial charge in [-0.1, -0.05) is 31.2 Å². The zero-order valence-corrected chi connectivity index (χ0v) is 14.2. The second-order valence-electron chi connectivity index (χ2n) is 5.46. The van der Waals surface area contributed by atoms with Gasteiger partial charge in [-0.25, -0.2) is 4.98 Å². The van der Waals surface area contributed by atoms with Crippen molar-refractivity contribution in [3.05, 3.63) is 53.6 Å². The van der Waals surface area contributed by atoms with Gasteiger partial charge in [-0.15, -0.1) is 0 Å². The van der Waals surface area contributed by atoms with Crippen molar-refractivity contribution in [3.8, 4) is 0 Å². The molecule has 0 atom stereocenters. The van der Waals surface area contributed by atoms with E-state index in [1.165, 1.54) is 18.0 Å². The molecule has 2 aromatic rings. The molecule has 0 spiro atoms. The zero-order chi connectivity index (χ0) is 17.5. The molecule has 1 aromatic heterocycles. The Hall–Kier alpha value is -2.44. The Morgan fingerprint density at radius 2 is 1.96 bits per heavy atom. The second-order valence-corrected chi connectivity index (χ2v) is 5.46. The van der Waals surface area contributed by atoms with E-state index in [4.69, 9.17) is 0 Å². The van der Waals surface area contributed by atoms with Crippen LogP contribution in [0.25, 0.3) is 0 Å². The highest BCUT2D eigenvalue weighted by Gasteiger charge is 2.13. The normalized spacial score (nSPS) is 11.8. The van der Waals surface area contributed by atoms with Gasteiger partial charge in [-0.05, 0) is 17.5 Å². The third-order valence-corrected chi connectivity index (χ3v) is 3.79. The Morgan fingerprint density at radius 1 is 1.29 bits per heavy atom. The Kier molecular flexibility index (Phi) is 6.28. The van der Waals surface area contributed by atoms with Crippen LogP contribution in [-0.4, -0.2) is 34.5 Å². The number of halogens is 2. The monoisotopic (exact) mass is 335 g/mol. The smallest absolute Gasteiger partial charge is 0.319 e. The fourth-order valence-electron chi connectivity index (χ4n) is 2.43. The number of guanidine groups is 1. The number of aromatic nitrogens is 2. The maximum atomic E-state index is 12.8. The van der Waals surface area contributed by atoms with E-state index >= 15 is 0 Å². The lowest BCUT2D eigenvalue weighted by atomic mass is 10.1. The summed E-state index contributed by atoms with van der Waals surface area (Å²) in [4.78, 5) is 10.1. The van der Waals surface area contributed by atoms with E-state index in [0.29, 0.717) is 12.5 Å². The Bertz CT molecular complexity index is 664. The minimum absolute atomic E-state index is 0.184. The molecule has 0 saturated heterocycles. The molecule has 24 heavy (non-hydrogen) atoms. The number of hydrogen-bond acceptors (Lipinski definition) is 2. The number of aliphatic imine (C=N–C) groups is 1. The van der Waals surface area contributed by atoms with Crippen LogP contribution in [0.15, 0.2) is 41.7 Å². The van der Waals surface area contributed by atoms with Gasteiger partial charge in [-0.2, -0.15) is 8.78 Å². The number of nitrogens with one attached hydrogen (secondary N) is 1. The van der Waals surface area contributed by atoms with Crippen molar-refractivity contribution in [2.45, 2.75) is 33.0 Å². The Balaban J connectivity index is 1.96. The van der Waals surface area contributed by atoms with Gasteiger partial charge in [0.05, 0.1) is 6.54 Å². The lowest BCUT2D eigenvalue weighted by Gasteiger charge is -2.22. The molecule has 0 fully saturated rings. The van der Waals surface area contributed by atoms with Gasteiger partial charge in [0.15, 0.2) is 5.96 Å². The molecule has 2 rings (SSSR count). The van der Waals surface area contributed by atoms with Crippen molar-refractivity contribution in [1.82, 2.24) is 19.8 Å². The molecule has 0 radical (unpaired) electrons. The zero-order valence-electron chi connectivity index (χ0n) is 14.2. The molecule has 1 heterocycles. The summed E-state index contributed by atoms with van der Waals surface area (Å²) in [5.41, 5.74) is 2.45. The molecule has 0 aliphatic rings. The minimum atomic E-state index is -2.60. The van der Waals surface area contributed by atoms with E-state index < -0.39 is 6.55 Å². The lowest BCUT2D eigenvalue weighted by molar-refractivity contribution is 0.0668. The number of benzene rings is 1. The highest BCUT2D eigenvalue weighted by atomic mass is 19.3. The average Bonchev–Trinajstić information content (AvgIpc) is 3.05. The van der Waals surface area contributed by atoms with Crippen molar-refractivity contribution in [1.29, 1.82) is 0 Å². The third kappa shape index (κ3) is 4.53. The van der Waals surface area contributed by atoms with E-state index in [1.54, 1.807) is 7.05 Å². The molecule has 7 heteroatoms. The molecule has 0 bridgehead atoms. The summed E-state index contributed by atoms with van der Waals surface area (Å²) >= 11 is 0. The fourth-order valence-corrected chi connectivity index (χ4v) is 2.43. The molecular weight excluding hydrogens is 312 g/mol. The van der Waals surface area contributed by atoms with Crippen LogP contribution >= 0.6 is 0 Å². The summed E-state index contributed by atoms with van der Waals surface area (Å²) in [6.45, 7) is 0.382. The maximum absolute atomic E-state index is 12.8. The first-order chi connectivity index (χ1) is 11.5. The van der Waals surface area contributed by atoms with E-state index in [2.05, 4.69) is 46.5 Å². The van der Waals surface area contributed by atoms with Crippen LogP contribution in [0.2, 0.25) is 0 Å². The predicted molar refractivity (Wildman–Crippen MR) is 91.0 cm³/mol. The molecule has 0 aliphatic carbocycles. The first kappa shape index (κ1) is 17.9. The SMILES string of the molecule is CCc1ccc(CN(C)C(=NC)NCc2nccn2C(F)F)cc1. The van der Waals surface area contributed by atoms with Crippen LogP contribution in [0.1, 0.15) is 30.4 Å². The van der Waals surface area contributed by atoms with Gasteiger partial charge in [-0.3, -0.25) is 9.56 Å². The van der Waals surface area contributed by atoms with Crippen LogP contribution in [0.4, 0.5) is 8.78 Å². The third-order valence-electron chi connectivity index (χ3n) is 3.79. The quantitative estimate of drug-likeness (QED) is 0.652. The lowest BCUT2D eigenvalue weighted by Crippen LogP contribution is -2.38. The van der Waals surface area contributed by atoms with Crippen LogP contribution in [-0.2, 0) is 19.5 Å². The summed E-state index contributed by atoms with van der Waals surface area (Å²) in [6.07, 6.45) is 3.64. The molecule has 0 amide bonds. The summed E-state index contributed by atoms with van der Waals surface area (Å²) in [5, 5.41) is 3.07. The van der Waals surface area contributed by atoms with E-state index in [-0.39, 0.29) is 12.4 Å². The van der Waals surface area contributed by atoms with Crippen LogP contribution in [0, 0.1) is 0 Å². The topological polar surface area (TPSA) is 45.4 Å². The van der Waals surface area contributed by atoms with Gasteiger partial charge in [0.25, 0.3) is 0 Å². The molecule has 1 N–H and O–H groups in total. The first-order valence-electron chi connectivity index (χ1n) is 7.84. The van der Waals surface area contributed by atoms with Crippen LogP contribution in [0.5, 0.6) is 0 Å². The standard InChI is InChI=1S/C17H23F2N5/c1-4-13-5-7-14(8-6-13)12-23(3)17(20-2)22-11-15-21-9-10-24(15)16(18)19/h5-10,16H,4,11-12H2,1-3H3,(H,20,22). The van der Waals surface area contributed by atoms with Gasteiger partial charge >= 0.3 is 6.55 Å². The largest absolute Gasteiger partial charge is 0.349 e. The highest BCUT2D eigenvalue weighted by Crippen LogP contribution is 2.12. The Labute approximate surface area is 141 Å². The van der Waals surface area contributed by atoms with Crippen molar-refractivity contribution in [2.75, 3.05) is 14.1 Å². The van der Waals surface area contributed by atoms with Gasteiger partial charge in [0, 0.05) is 33.0 Å². The number of rotatable bonds is 6. The summed E-state index contributed by atoms with van der Waals surface area (Å²) in [7, 11) is 3.57. The summed E-state index contributed by atoms with van der Waals surface area (Å²) < 4.78 is 26.5. The van der Waals surface area contributed by atoms with Crippen molar-refractivity contribution >= 4 is 5.96 Å². The second kappa shape index (κ2) is 8.42. The number of nitrogens with zero attached hydrogens (tertiary/aromatic N) is 4. The van der Waals surface area contributed by atoms with Crippen molar-refractivity contribution in [3.63, 3.8) is 0 Å². The summed E-state index contributed by atoms with van der Waals surface area (Å²) in [6, 6.07) is 8.40. The minimum Gasteiger partial charge on any atom is -0.349 e. The van der Waals surface area contributed by atoms with Gasteiger partial charge < -0.3 is 10.2 Å². The van der Waals surface area contributed by atoms with E-state index in [1.807, 2.05) is 11.9 Å². The first-order valence-corrected chi connectivity index (χ1v) is 7.84. The number of imidazole rings is 1. The fraction of sp³-hybridized carbons (Fsp3) is 0.412. The molecule has 0 unspecified atom stereocenters. The summed E-state index contributed by atoms with van der Waals surface area (Å²) in [5.74, 6) is 0.894. The number of aryl methyl sites for hydroxylation is 1. The predicted octanol–water partition coefficient (Wildman–Crippen LogP) is 3.05. The molecule has 130 valence electrons. The molecule has 1 aromatic carbocycles. The van der Waals surface area contributed by atoms with Crippen LogP contribution in [0.3, 0.4) is 0 Å². The van der Waals surface area contributed by atoms with Crippen molar-refractivity contribution < 1.29 is 8.78 Å². The van der Waals surface area contributed by atoms with Gasteiger partial charge in [0.2, 0.25) is 0 Å². The van der Waals surface area contributed by atoms with E-state index in [0.717, 1.165) is 16.6 Å². The number of alkyl halides is 2. The molecule has 5 nitrogen and oxygen atoms in total. The number of hydrogen-bond donors (Lipinski definition) is 1. The molecule has 0 aliphatic heterocycles. The molecule has 0 saturated carbocycles. The Morgan fingerprint density at radius 3 is 2.54 bits per heavy atom. The van der Waals surface area contributed by atoms with Crippen molar-refractivity contribution in [2.24, 2.45) is 4.99 Å². The van der Waals surface area contributed by atoms with Crippen LogP contribution < -0.4 is 5.32 Å². The highest BCUT2D eigenvalue weighted by molar-refractivity contribution is 5.79. The average molecular weight is 335 g/mol. The van der Waals surface area contributed by atoms with Gasteiger partial charge in [0.1, 0.15) is 5.82 Å². The maximum Gasteiger partial charge on any atom is 0.319 e. The van der Waals surface area contributed by atoms with E-state index in [9.17, 15) is 8.78 Å².